The Kier molecular flexibility index (Phi) is 7.97. The quantitative estimate of drug-likeness (QED) is 0.600. The number of esters is 1. The van der Waals surface area contributed by atoms with E-state index in [1.807, 2.05) is 45.0 Å². The highest BCUT2D eigenvalue weighted by molar-refractivity contribution is 7.15. The van der Waals surface area contributed by atoms with Crippen LogP contribution in [0.5, 0.6) is 0 Å². The molecule has 36 heavy (non-hydrogen) atoms. The fourth-order valence-electron chi connectivity index (χ4n) is 4.67. The molecule has 4 rings (SSSR count). The van der Waals surface area contributed by atoms with Crippen molar-refractivity contribution in [2.24, 2.45) is 5.92 Å². The zero-order valence-electron chi connectivity index (χ0n) is 21.5. The summed E-state index contributed by atoms with van der Waals surface area (Å²) < 4.78 is 10.4. The molecule has 2 heterocycles. The molecule has 194 valence electrons. The maximum absolute atomic E-state index is 12.7. The van der Waals surface area contributed by atoms with Crippen molar-refractivity contribution in [1.82, 2.24) is 15.2 Å². The monoisotopic (exact) mass is 513 g/mol. The number of rotatable bonds is 4. The number of carbonyl (C=O) groups is 3. The lowest BCUT2D eigenvalue weighted by molar-refractivity contribution is -0.146. The molecule has 0 radical (unpaired) electrons. The van der Waals surface area contributed by atoms with Crippen molar-refractivity contribution in [1.29, 1.82) is 0 Å². The lowest BCUT2D eigenvalue weighted by Gasteiger charge is -2.27. The second-order valence-electron chi connectivity index (χ2n) is 10.5. The Morgan fingerprint density at radius 3 is 2.33 bits per heavy atom. The third kappa shape index (κ3) is 6.43. The first-order valence-corrected chi connectivity index (χ1v) is 13.4. The van der Waals surface area contributed by atoms with E-state index in [0.717, 1.165) is 48.4 Å². The van der Waals surface area contributed by atoms with Crippen molar-refractivity contribution in [2.75, 3.05) is 20.2 Å². The molecule has 2 amide bonds. The van der Waals surface area contributed by atoms with Gasteiger partial charge in [0.1, 0.15) is 10.6 Å². The van der Waals surface area contributed by atoms with Gasteiger partial charge >= 0.3 is 12.1 Å². The van der Waals surface area contributed by atoms with E-state index in [9.17, 15) is 14.4 Å². The van der Waals surface area contributed by atoms with Crippen molar-refractivity contribution in [3.63, 3.8) is 0 Å². The van der Waals surface area contributed by atoms with Crippen LogP contribution in [-0.4, -0.2) is 59.7 Å². The Bertz CT molecular complexity index is 1070. The molecule has 0 unspecified atom stereocenters. The SMILES string of the molecule is COC(=O)C1CCC(NC(=O)c2ccc(-c3nc4c(s3)CCN(C(=O)OC(C)(C)C)CC4)cc2)CC1. The summed E-state index contributed by atoms with van der Waals surface area (Å²) in [6, 6.07) is 7.62. The van der Waals surface area contributed by atoms with Crippen LogP contribution in [0.15, 0.2) is 24.3 Å². The van der Waals surface area contributed by atoms with Gasteiger partial charge in [0.2, 0.25) is 0 Å². The Labute approximate surface area is 216 Å². The number of hydrogen-bond donors (Lipinski definition) is 1. The largest absolute Gasteiger partial charge is 0.469 e. The van der Waals surface area contributed by atoms with Crippen LogP contribution in [0.25, 0.3) is 10.6 Å². The minimum atomic E-state index is -0.507. The molecule has 1 aromatic carbocycles. The molecule has 0 atom stereocenters. The van der Waals surface area contributed by atoms with Gasteiger partial charge in [0.05, 0.1) is 18.7 Å². The molecule has 2 aromatic rings. The third-order valence-corrected chi connectivity index (χ3v) is 7.85. The van der Waals surface area contributed by atoms with Crippen LogP contribution in [0.4, 0.5) is 4.79 Å². The predicted octanol–water partition coefficient (Wildman–Crippen LogP) is 4.61. The average Bonchev–Trinajstić information content (AvgIpc) is 3.15. The van der Waals surface area contributed by atoms with E-state index < -0.39 is 5.60 Å². The van der Waals surface area contributed by atoms with E-state index >= 15 is 0 Å². The fourth-order valence-corrected chi connectivity index (χ4v) is 5.77. The molecule has 0 saturated heterocycles. The first-order valence-electron chi connectivity index (χ1n) is 12.6. The van der Waals surface area contributed by atoms with E-state index in [4.69, 9.17) is 14.5 Å². The van der Waals surface area contributed by atoms with Crippen LogP contribution in [0.3, 0.4) is 0 Å². The van der Waals surface area contributed by atoms with E-state index in [2.05, 4.69) is 5.32 Å². The Morgan fingerprint density at radius 2 is 1.69 bits per heavy atom. The molecule has 1 N–H and O–H groups in total. The molecule has 1 aliphatic heterocycles. The summed E-state index contributed by atoms with van der Waals surface area (Å²) in [5.41, 5.74) is 2.12. The number of carbonyl (C=O) groups excluding carboxylic acids is 3. The van der Waals surface area contributed by atoms with Gasteiger partial charge in [-0.15, -0.1) is 11.3 Å². The van der Waals surface area contributed by atoms with Crippen molar-refractivity contribution in [2.45, 2.75) is 70.9 Å². The number of benzene rings is 1. The van der Waals surface area contributed by atoms with Crippen molar-refractivity contribution in [3.05, 3.63) is 40.4 Å². The molecular formula is C27H35N3O5S. The summed E-state index contributed by atoms with van der Waals surface area (Å²) in [4.78, 5) is 44.7. The van der Waals surface area contributed by atoms with Gasteiger partial charge in [0, 0.05) is 48.0 Å². The number of amides is 2. The zero-order valence-corrected chi connectivity index (χ0v) is 22.3. The lowest BCUT2D eigenvalue weighted by Crippen LogP contribution is -2.38. The van der Waals surface area contributed by atoms with Gasteiger partial charge in [-0.2, -0.15) is 0 Å². The average molecular weight is 514 g/mol. The van der Waals surface area contributed by atoms with Crippen LogP contribution in [0, 0.1) is 5.92 Å². The van der Waals surface area contributed by atoms with Gasteiger partial charge < -0.3 is 19.7 Å². The Hall–Kier alpha value is -2.94. The Balaban J connectivity index is 1.32. The molecule has 1 fully saturated rings. The van der Waals surface area contributed by atoms with Gasteiger partial charge in [-0.1, -0.05) is 12.1 Å². The van der Waals surface area contributed by atoms with Crippen molar-refractivity contribution < 1.29 is 23.9 Å². The summed E-state index contributed by atoms with van der Waals surface area (Å²) in [5.74, 6) is -0.313. The number of nitrogens with zero attached hydrogens (tertiary/aromatic N) is 2. The predicted molar refractivity (Wildman–Crippen MR) is 138 cm³/mol. The van der Waals surface area contributed by atoms with Crippen molar-refractivity contribution in [3.8, 4) is 10.6 Å². The van der Waals surface area contributed by atoms with Gasteiger partial charge in [-0.25, -0.2) is 9.78 Å². The number of hydrogen-bond acceptors (Lipinski definition) is 7. The molecule has 2 aliphatic rings. The highest BCUT2D eigenvalue weighted by Gasteiger charge is 2.28. The zero-order chi connectivity index (χ0) is 25.9. The van der Waals surface area contributed by atoms with Gasteiger partial charge in [0.15, 0.2) is 0 Å². The molecule has 8 nitrogen and oxygen atoms in total. The normalized spacial score (nSPS) is 20.2. The van der Waals surface area contributed by atoms with E-state index in [1.54, 1.807) is 16.2 Å². The number of ether oxygens (including phenoxy) is 2. The topological polar surface area (TPSA) is 97.8 Å². The van der Waals surface area contributed by atoms with E-state index in [0.29, 0.717) is 25.1 Å². The first-order chi connectivity index (χ1) is 17.1. The summed E-state index contributed by atoms with van der Waals surface area (Å²) in [7, 11) is 1.42. The highest BCUT2D eigenvalue weighted by atomic mass is 32.1. The minimum absolute atomic E-state index is 0.0590. The molecule has 0 spiro atoms. The fraction of sp³-hybridized carbons (Fsp3) is 0.556. The smallest absolute Gasteiger partial charge is 0.410 e. The van der Waals surface area contributed by atoms with Gasteiger partial charge in [-0.05, 0) is 58.6 Å². The molecular weight excluding hydrogens is 478 g/mol. The molecule has 1 saturated carbocycles. The second kappa shape index (κ2) is 11.0. The van der Waals surface area contributed by atoms with Crippen molar-refractivity contribution >= 4 is 29.3 Å². The summed E-state index contributed by atoms with van der Waals surface area (Å²) in [6.45, 7) is 6.83. The maximum Gasteiger partial charge on any atom is 0.410 e. The number of fused-ring (bicyclic) bond motifs is 1. The van der Waals surface area contributed by atoms with Crippen LogP contribution in [-0.2, 0) is 27.1 Å². The van der Waals surface area contributed by atoms with Crippen LogP contribution in [0.1, 0.15) is 67.4 Å². The number of methoxy groups -OCH3 is 1. The van der Waals surface area contributed by atoms with Gasteiger partial charge in [0.25, 0.3) is 5.91 Å². The number of nitrogens with one attached hydrogen (secondary N) is 1. The molecule has 0 bridgehead atoms. The number of aromatic nitrogens is 1. The third-order valence-electron chi connectivity index (χ3n) is 6.65. The van der Waals surface area contributed by atoms with Crippen LogP contribution in [0.2, 0.25) is 0 Å². The highest BCUT2D eigenvalue weighted by Crippen LogP contribution is 2.31. The maximum atomic E-state index is 12.7. The Morgan fingerprint density at radius 1 is 1.03 bits per heavy atom. The number of thiazole rings is 1. The summed E-state index contributed by atoms with van der Waals surface area (Å²) >= 11 is 1.65. The summed E-state index contributed by atoms with van der Waals surface area (Å²) in [6.07, 6.45) is 4.21. The first kappa shape index (κ1) is 26.1. The van der Waals surface area contributed by atoms with Crippen LogP contribution >= 0.6 is 11.3 Å². The molecule has 1 aromatic heterocycles. The standard InChI is InChI=1S/C27H35N3O5S/c1-27(2,3)35-26(33)30-15-13-21-22(14-16-30)36-24(29-21)18-7-5-17(6-8-18)23(31)28-20-11-9-19(10-12-20)25(32)34-4/h5-8,19-20H,9-16H2,1-4H3,(H,28,31). The van der Waals surface area contributed by atoms with Gasteiger partial charge in [-0.3, -0.25) is 9.59 Å². The van der Waals surface area contributed by atoms with E-state index in [-0.39, 0.29) is 29.9 Å². The minimum Gasteiger partial charge on any atom is -0.469 e. The molecule has 1 aliphatic carbocycles. The summed E-state index contributed by atoms with van der Waals surface area (Å²) in [5, 5.41) is 4.03. The lowest BCUT2D eigenvalue weighted by atomic mass is 9.86. The van der Waals surface area contributed by atoms with E-state index in [1.165, 1.54) is 12.0 Å². The molecule has 9 heteroatoms. The van der Waals surface area contributed by atoms with Crippen LogP contribution < -0.4 is 5.32 Å². The second-order valence-corrected chi connectivity index (χ2v) is 11.6.